The van der Waals surface area contributed by atoms with Crippen LogP contribution in [-0.2, 0) is 24.6 Å². The van der Waals surface area contributed by atoms with Crippen LogP contribution in [0.1, 0.15) is 11.4 Å². The molecular formula is C19H17F3N4O2S. The molecule has 0 fully saturated rings. The number of nitrogens with one attached hydrogen (secondary N) is 1. The Balaban J connectivity index is 1.49. The van der Waals surface area contributed by atoms with Crippen LogP contribution in [0.25, 0.3) is 0 Å². The molecule has 2 aromatic carbocycles. The van der Waals surface area contributed by atoms with Crippen molar-refractivity contribution in [3.05, 3.63) is 66.0 Å². The molecule has 0 aliphatic carbocycles. The van der Waals surface area contributed by atoms with E-state index in [1.807, 2.05) is 30.3 Å². The second kappa shape index (κ2) is 8.99. The molecule has 29 heavy (non-hydrogen) atoms. The SMILES string of the molecule is Cn1c(SCC(=O)Nc2ccc(OCc3ccccc3)cc2)nnc1C(F)(F)F. The number of halogens is 3. The zero-order chi connectivity index (χ0) is 20.9. The molecule has 0 spiro atoms. The lowest BCUT2D eigenvalue weighted by molar-refractivity contribution is -0.147. The molecule has 6 nitrogen and oxygen atoms in total. The van der Waals surface area contributed by atoms with Gasteiger partial charge in [0.15, 0.2) is 5.16 Å². The standard InChI is InChI=1S/C19H17F3N4O2S/c1-26-17(19(20,21)22)24-25-18(26)29-12-16(27)23-14-7-9-15(10-8-14)28-11-13-5-3-2-4-6-13/h2-10H,11-12H2,1H3,(H,23,27). The first-order valence-electron chi connectivity index (χ1n) is 8.49. The van der Waals surface area contributed by atoms with Gasteiger partial charge in [0.05, 0.1) is 5.75 Å². The van der Waals surface area contributed by atoms with Gasteiger partial charge >= 0.3 is 6.18 Å². The molecule has 1 heterocycles. The monoisotopic (exact) mass is 422 g/mol. The molecular weight excluding hydrogens is 405 g/mol. The van der Waals surface area contributed by atoms with Gasteiger partial charge in [0.1, 0.15) is 12.4 Å². The maximum absolute atomic E-state index is 12.7. The first kappa shape index (κ1) is 20.7. The fourth-order valence-electron chi connectivity index (χ4n) is 2.39. The van der Waals surface area contributed by atoms with E-state index < -0.39 is 12.0 Å². The summed E-state index contributed by atoms with van der Waals surface area (Å²) in [6, 6.07) is 16.5. The molecule has 0 radical (unpaired) electrons. The van der Waals surface area contributed by atoms with Crippen LogP contribution in [-0.4, -0.2) is 26.4 Å². The van der Waals surface area contributed by atoms with E-state index in [1.54, 1.807) is 24.3 Å². The number of rotatable bonds is 7. The van der Waals surface area contributed by atoms with E-state index >= 15 is 0 Å². The van der Waals surface area contributed by atoms with E-state index in [2.05, 4.69) is 15.5 Å². The van der Waals surface area contributed by atoms with E-state index in [4.69, 9.17) is 4.74 Å². The van der Waals surface area contributed by atoms with Crippen molar-refractivity contribution in [3.63, 3.8) is 0 Å². The van der Waals surface area contributed by atoms with E-state index in [9.17, 15) is 18.0 Å². The third-order valence-corrected chi connectivity index (χ3v) is 4.83. The van der Waals surface area contributed by atoms with Crippen LogP contribution in [0.5, 0.6) is 5.75 Å². The maximum atomic E-state index is 12.7. The molecule has 3 aromatic rings. The van der Waals surface area contributed by atoms with Crippen LogP contribution in [0.2, 0.25) is 0 Å². The fraction of sp³-hybridized carbons (Fsp3) is 0.211. The van der Waals surface area contributed by atoms with E-state index in [0.29, 0.717) is 18.0 Å². The van der Waals surface area contributed by atoms with Crippen molar-refractivity contribution in [1.82, 2.24) is 14.8 Å². The summed E-state index contributed by atoms with van der Waals surface area (Å²) in [7, 11) is 1.21. The van der Waals surface area contributed by atoms with Crippen molar-refractivity contribution in [2.45, 2.75) is 17.9 Å². The number of carbonyl (C=O) groups excluding carboxylic acids is 1. The number of aromatic nitrogens is 3. The van der Waals surface area contributed by atoms with Gasteiger partial charge in [0.25, 0.3) is 0 Å². The molecule has 0 aliphatic heterocycles. The van der Waals surface area contributed by atoms with Crippen LogP contribution in [0.15, 0.2) is 59.8 Å². The summed E-state index contributed by atoms with van der Waals surface area (Å²) < 4.78 is 44.6. The first-order chi connectivity index (χ1) is 13.8. The van der Waals surface area contributed by atoms with Gasteiger partial charge < -0.3 is 14.6 Å². The average Bonchev–Trinajstić information content (AvgIpc) is 3.07. The van der Waals surface area contributed by atoms with E-state index in [0.717, 1.165) is 21.9 Å². The van der Waals surface area contributed by atoms with Crippen LogP contribution >= 0.6 is 11.8 Å². The molecule has 0 saturated heterocycles. The molecule has 1 aromatic heterocycles. The Labute approximate surface area is 169 Å². The summed E-state index contributed by atoms with van der Waals surface area (Å²) in [5, 5.41) is 9.28. The summed E-state index contributed by atoms with van der Waals surface area (Å²) in [5.41, 5.74) is 1.59. The molecule has 0 bridgehead atoms. The zero-order valence-electron chi connectivity index (χ0n) is 15.3. The third kappa shape index (κ3) is 5.74. The normalized spacial score (nSPS) is 11.3. The van der Waals surface area contributed by atoms with Gasteiger partial charge in [-0.05, 0) is 29.8 Å². The molecule has 1 N–H and O–H groups in total. The lowest BCUT2D eigenvalue weighted by Gasteiger charge is -2.09. The van der Waals surface area contributed by atoms with Gasteiger partial charge in [-0.15, -0.1) is 10.2 Å². The van der Waals surface area contributed by atoms with Crippen molar-refractivity contribution < 1.29 is 22.7 Å². The summed E-state index contributed by atoms with van der Waals surface area (Å²) in [4.78, 5) is 12.1. The van der Waals surface area contributed by atoms with E-state index in [-0.39, 0.29) is 16.8 Å². The smallest absolute Gasteiger partial charge is 0.451 e. The van der Waals surface area contributed by atoms with Gasteiger partial charge in [0.2, 0.25) is 11.7 Å². The predicted octanol–water partition coefficient (Wildman–Crippen LogP) is 4.14. The molecule has 0 aliphatic rings. The van der Waals surface area contributed by atoms with Gasteiger partial charge in [-0.25, -0.2) is 0 Å². The van der Waals surface area contributed by atoms with Crippen LogP contribution < -0.4 is 10.1 Å². The van der Waals surface area contributed by atoms with Gasteiger partial charge in [-0.2, -0.15) is 13.2 Å². The first-order valence-corrected chi connectivity index (χ1v) is 9.47. The largest absolute Gasteiger partial charge is 0.489 e. The van der Waals surface area contributed by atoms with Crippen LogP contribution in [0.3, 0.4) is 0 Å². The number of anilines is 1. The maximum Gasteiger partial charge on any atom is 0.451 e. The van der Waals surface area contributed by atoms with Gasteiger partial charge in [-0.3, -0.25) is 4.79 Å². The van der Waals surface area contributed by atoms with Gasteiger partial charge in [0, 0.05) is 12.7 Å². The Morgan fingerprint density at radius 1 is 1.10 bits per heavy atom. The number of alkyl halides is 3. The molecule has 0 atom stereocenters. The lowest BCUT2D eigenvalue weighted by Crippen LogP contribution is -2.15. The number of thioether (sulfide) groups is 1. The zero-order valence-corrected chi connectivity index (χ0v) is 16.1. The van der Waals surface area contributed by atoms with Crippen molar-refractivity contribution in [3.8, 4) is 5.75 Å². The highest BCUT2D eigenvalue weighted by Gasteiger charge is 2.37. The number of hydrogen-bond acceptors (Lipinski definition) is 5. The Morgan fingerprint density at radius 2 is 1.79 bits per heavy atom. The number of amides is 1. The molecule has 152 valence electrons. The predicted molar refractivity (Wildman–Crippen MR) is 103 cm³/mol. The highest BCUT2D eigenvalue weighted by molar-refractivity contribution is 7.99. The van der Waals surface area contributed by atoms with Gasteiger partial charge in [-0.1, -0.05) is 42.1 Å². The summed E-state index contributed by atoms with van der Waals surface area (Å²) in [6.45, 7) is 0.431. The fourth-order valence-corrected chi connectivity index (χ4v) is 3.10. The molecule has 0 unspecified atom stereocenters. The Bertz CT molecular complexity index is 960. The minimum absolute atomic E-state index is 0.0112. The minimum Gasteiger partial charge on any atom is -0.489 e. The highest BCUT2D eigenvalue weighted by atomic mass is 32.2. The number of nitrogens with zero attached hydrogens (tertiary/aromatic N) is 3. The van der Waals surface area contributed by atoms with Crippen LogP contribution in [0.4, 0.5) is 18.9 Å². The number of hydrogen-bond donors (Lipinski definition) is 1. The average molecular weight is 422 g/mol. The van der Waals surface area contributed by atoms with E-state index in [1.165, 1.54) is 7.05 Å². The second-order valence-corrected chi connectivity index (χ2v) is 6.94. The molecule has 0 saturated carbocycles. The molecule has 10 heteroatoms. The topological polar surface area (TPSA) is 69.0 Å². The number of ether oxygens (including phenoxy) is 1. The summed E-state index contributed by atoms with van der Waals surface area (Å²) in [6.07, 6.45) is -4.59. The Morgan fingerprint density at radius 3 is 2.41 bits per heavy atom. The number of carbonyl (C=O) groups is 1. The van der Waals surface area contributed by atoms with Crippen molar-refractivity contribution >= 4 is 23.4 Å². The Hall–Kier alpha value is -3.01. The summed E-state index contributed by atoms with van der Waals surface area (Å²) in [5.74, 6) is -0.924. The van der Waals surface area contributed by atoms with Crippen molar-refractivity contribution in [2.24, 2.45) is 7.05 Å². The highest BCUT2D eigenvalue weighted by Crippen LogP contribution is 2.29. The quantitative estimate of drug-likeness (QED) is 0.580. The summed E-state index contributed by atoms with van der Waals surface area (Å²) >= 11 is 0.873. The minimum atomic E-state index is -4.59. The van der Waals surface area contributed by atoms with Crippen molar-refractivity contribution in [1.29, 1.82) is 0 Å². The lowest BCUT2D eigenvalue weighted by atomic mass is 10.2. The molecule has 1 amide bonds. The van der Waals surface area contributed by atoms with Crippen LogP contribution in [0, 0.1) is 0 Å². The Kier molecular flexibility index (Phi) is 6.42. The number of benzene rings is 2. The third-order valence-electron chi connectivity index (χ3n) is 3.81. The van der Waals surface area contributed by atoms with Crippen molar-refractivity contribution in [2.75, 3.05) is 11.1 Å². The molecule has 3 rings (SSSR count). The second-order valence-electron chi connectivity index (χ2n) is 6.00.